The molecule has 1 fully saturated rings. The van der Waals surface area contributed by atoms with Crippen molar-refractivity contribution < 1.29 is 59.1 Å². The zero-order valence-corrected chi connectivity index (χ0v) is 19.0. The Balaban J connectivity index is 1.98. The van der Waals surface area contributed by atoms with E-state index in [1.165, 1.54) is 32.4 Å². The first kappa shape index (κ1) is 25.3. The lowest BCUT2D eigenvalue weighted by atomic mass is 9.99. The Morgan fingerprint density at radius 3 is 2.25 bits per heavy atom. The van der Waals surface area contributed by atoms with Crippen LogP contribution in [0.25, 0.3) is 22.3 Å². The topological polar surface area (TPSA) is 209 Å². The Labute approximate surface area is 202 Å². The maximum Gasteiger partial charge on any atom is 0.239 e. The lowest BCUT2D eigenvalue weighted by molar-refractivity contribution is -0.277. The third-order valence-corrected chi connectivity index (χ3v) is 5.77. The van der Waals surface area contributed by atoms with Gasteiger partial charge in [0, 0.05) is 11.6 Å². The van der Waals surface area contributed by atoms with E-state index in [2.05, 4.69) is 0 Å². The summed E-state index contributed by atoms with van der Waals surface area (Å²) in [4.78, 5) is 13.6. The van der Waals surface area contributed by atoms with E-state index in [1.807, 2.05) is 0 Å². The molecule has 2 aromatic carbocycles. The number of hydrogen-bond donors (Lipinski definition) is 7. The quantitative estimate of drug-likeness (QED) is 0.230. The van der Waals surface area contributed by atoms with Crippen molar-refractivity contribution in [1.82, 2.24) is 0 Å². The maximum absolute atomic E-state index is 13.6. The molecule has 1 saturated heterocycles. The summed E-state index contributed by atoms with van der Waals surface area (Å²) in [6, 6.07) is 4.75. The van der Waals surface area contributed by atoms with E-state index < -0.39 is 65.4 Å². The minimum atomic E-state index is -1.86. The minimum absolute atomic E-state index is 0.000225. The molecule has 1 aliphatic rings. The second-order valence-corrected chi connectivity index (χ2v) is 7.94. The molecule has 13 heteroatoms. The molecule has 194 valence electrons. The molecular weight excluding hydrogens is 484 g/mol. The summed E-state index contributed by atoms with van der Waals surface area (Å²) in [6.45, 7) is -0.740. The Hall–Kier alpha value is -3.75. The number of methoxy groups -OCH3 is 2. The maximum atomic E-state index is 13.6. The molecule has 0 bridgehead atoms. The predicted octanol–water partition coefficient (Wildman–Crippen LogP) is -0.227. The first-order valence-corrected chi connectivity index (χ1v) is 10.6. The van der Waals surface area contributed by atoms with Gasteiger partial charge in [-0.3, -0.25) is 4.79 Å². The molecule has 0 spiro atoms. The number of rotatable bonds is 6. The molecule has 0 unspecified atom stereocenters. The van der Waals surface area contributed by atoms with Crippen molar-refractivity contribution >= 4 is 11.0 Å². The van der Waals surface area contributed by atoms with Gasteiger partial charge in [0.25, 0.3) is 0 Å². The Bertz CT molecular complexity index is 1330. The lowest BCUT2D eigenvalue weighted by Crippen LogP contribution is -2.60. The Morgan fingerprint density at radius 1 is 0.889 bits per heavy atom. The highest BCUT2D eigenvalue weighted by atomic mass is 16.7. The number of aliphatic hydroxyl groups is 4. The fourth-order valence-corrected chi connectivity index (χ4v) is 3.89. The lowest BCUT2D eigenvalue weighted by Gasteiger charge is -2.39. The van der Waals surface area contributed by atoms with Crippen molar-refractivity contribution in [2.24, 2.45) is 0 Å². The molecule has 0 amide bonds. The van der Waals surface area contributed by atoms with Crippen LogP contribution < -0.4 is 19.6 Å². The largest absolute Gasteiger partial charge is 0.507 e. The van der Waals surface area contributed by atoms with E-state index in [9.17, 15) is 40.5 Å². The van der Waals surface area contributed by atoms with Crippen LogP contribution >= 0.6 is 0 Å². The van der Waals surface area contributed by atoms with Crippen LogP contribution in [0.5, 0.6) is 34.5 Å². The highest BCUT2D eigenvalue weighted by molar-refractivity contribution is 5.93. The van der Waals surface area contributed by atoms with E-state index in [1.54, 1.807) is 0 Å². The van der Waals surface area contributed by atoms with E-state index in [0.29, 0.717) is 0 Å². The number of hydrogen-bond acceptors (Lipinski definition) is 13. The summed E-state index contributed by atoms with van der Waals surface area (Å²) in [5.74, 6) is -2.62. The number of ether oxygens (including phenoxy) is 4. The second kappa shape index (κ2) is 9.72. The van der Waals surface area contributed by atoms with Crippen LogP contribution in [-0.2, 0) is 4.74 Å². The average molecular weight is 508 g/mol. The van der Waals surface area contributed by atoms with Gasteiger partial charge in [0.2, 0.25) is 23.2 Å². The molecule has 13 nitrogen and oxygen atoms in total. The molecule has 0 saturated carbocycles. The number of phenolic OH excluding ortho intramolecular Hbond substituents is 3. The number of aliphatic hydroxyl groups excluding tert-OH is 4. The standard InChI is InChI=1S/C23H24O13/c1-32-12-5-8(3-4-9(12)25)19-22(36-23-18(31)17(30)15(28)13(7-24)34-23)16(29)14-10(26)6-11(27)20(33-2)21(14)35-19/h3-6,13,15,17-18,23-28,30-31H,7H2,1-2H3/t13-,15-,17+,18-,23-/m1/s1. The van der Waals surface area contributed by atoms with Crippen LogP contribution in [0.15, 0.2) is 33.5 Å². The summed E-state index contributed by atoms with van der Waals surface area (Å²) in [7, 11) is 2.49. The van der Waals surface area contributed by atoms with Gasteiger partial charge < -0.3 is 59.1 Å². The number of aromatic hydroxyl groups is 3. The molecule has 1 aromatic heterocycles. The van der Waals surface area contributed by atoms with Crippen LogP contribution in [0.3, 0.4) is 0 Å². The Kier molecular flexibility index (Phi) is 6.84. The molecule has 0 radical (unpaired) electrons. The van der Waals surface area contributed by atoms with Crippen molar-refractivity contribution in [3.05, 3.63) is 34.5 Å². The third-order valence-electron chi connectivity index (χ3n) is 5.77. The van der Waals surface area contributed by atoms with Gasteiger partial charge in [0.05, 0.1) is 20.8 Å². The average Bonchev–Trinajstić information content (AvgIpc) is 2.85. The van der Waals surface area contributed by atoms with Crippen molar-refractivity contribution in [1.29, 1.82) is 0 Å². The summed E-state index contributed by atoms with van der Waals surface area (Å²) in [6.07, 6.45) is -8.42. The van der Waals surface area contributed by atoms with E-state index in [-0.39, 0.29) is 34.2 Å². The molecule has 7 N–H and O–H groups in total. The minimum Gasteiger partial charge on any atom is -0.507 e. The van der Waals surface area contributed by atoms with Crippen LogP contribution in [0.4, 0.5) is 0 Å². The van der Waals surface area contributed by atoms with Gasteiger partial charge in [-0.05, 0) is 18.2 Å². The van der Waals surface area contributed by atoms with Crippen LogP contribution in [0, 0.1) is 0 Å². The zero-order valence-electron chi connectivity index (χ0n) is 19.0. The van der Waals surface area contributed by atoms with Crippen LogP contribution in [0.2, 0.25) is 0 Å². The van der Waals surface area contributed by atoms with Crippen LogP contribution in [-0.4, -0.2) is 87.3 Å². The molecule has 5 atom stereocenters. The number of fused-ring (bicyclic) bond motifs is 1. The highest BCUT2D eigenvalue weighted by Gasteiger charge is 2.45. The van der Waals surface area contributed by atoms with Crippen molar-refractivity contribution in [2.75, 3.05) is 20.8 Å². The predicted molar refractivity (Wildman–Crippen MR) is 120 cm³/mol. The first-order chi connectivity index (χ1) is 17.1. The first-order valence-electron chi connectivity index (χ1n) is 10.6. The van der Waals surface area contributed by atoms with Gasteiger partial charge in [-0.15, -0.1) is 0 Å². The normalized spacial score (nSPS) is 24.0. The highest BCUT2D eigenvalue weighted by Crippen LogP contribution is 2.44. The fourth-order valence-electron chi connectivity index (χ4n) is 3.89. The SMILES string of the molecule is COc1cc(-c2oc3c(OC)c(O)cc(O)c3c(=O)c2O[C@H]2O[C@H](CO)[C@@H](O)[C@H](O)[C@H]2O)ccc1O. The van der Waals surface area contributed by atoms with Crippen molar-refractivity contribution in [3.8, 4) is 45.8 Å². The monoisotopic (exact) mass is 508 g/mol. The van der Waals surface area contributed by atoms with Crippen LogP contribution in [0.1, 0.15) is 0 Å². The second-order valence-electron chi connectivity index (χ2n) is 7.94. The smallest absolute Gasteiger partial charge is 0.239 e. The summed E-state index contributed by atoms with van der Waals surface area (Å²) in [5.41, 5.74) is -1.21. The van der Waals surface area contributed by atoms with Gasteiger partial charge in [-0.25, -0.2) is 0 Å². The number of benzene rings is 2. The van der Waals surface area contributed by atoms with Gasteiger partial charge in [-0.2, -0.15) is 0 Å². The molecule has 0 aliphatic carbocycles. The zero-order chi connectivity index (χ0) is 26.3. The molecule has 4 rings (SSSR count). The summed E-state index contributed by atoms with van der Waals surface area (Å²) < 4.78 is 27.1. The summed E-state index contributed by atoms with van der Waals surface area (Å²) >= 11 is 0. The van der Waals surface area contributed by atoms with Gasteiger partial charge in [0.15, 0.2) is 28.6 Å². The molecule has 36 heavy (non-hydrogen) atoms. The van der Waals surface area contributed by atoms with Gasteiger partial charge in [-0.1, -0.05) is 0 Å². The summed E-state index contributed by atoms with van der Waals surface area (Å²) in [5, 5.41) is 70.1. The Morgan fingerprint density at radius 2 is 1.61 bits per heavy atom. The molecular formula is C23H24O13. The van der Waals surface area contributed by atoms with Crippen molar-refractivity contribution in [2.45, 2.75) is 30.7 Å². The number of phenols is 3. The van der Waals surface area contributed by atoms with E-state index >= 15 is 0 Å². The van der Waals surface area contributed by atoms with E-state index in [0.717, 1.165) is 6.07 Å². The third kappa shape index (κ3) is 4.12. The van der Waals surface area contributed by atoms with Gasteiger partial charge in [0.1, 0.15) is 35.6 Å². The van der Waals surface area contributed by atoms with Crippen molar-refractivity contribution in [3.63, 3.8) is 0 Å². The fraction of sp³-hybridized carbons (Fsp3) is 0.348. The molecule has 3 aromatic rings. The molecule has 2 heterocycles. The molecule has 1 aliphatic heterocycles. The van der Waals surface area contributed by atoms with E-state index in [4.69, 9.17) is 23.4 Å². The van der Waals surface area contributed by atoms with Gasteiger partial charge >= 0.3 is 0 Å².